The van der Waals surface area contributed by atoms with E-state index in [0.29, 0.717) is 17.9 Å². The van der Waals surface area contributed by atoms with E-state index in [4.69, 9.17) is 14.2 Å². The second-order valence-corrected chi connectivity index (χ2v) is 9.55. The Balaban J connectivity index is 1.18. The van der Waals surface area contributed by atoms with Crippen LogP contribution in [0.4, 0.5) is 0 Å². The molecule has 0 aromatic heterocycles. The molecule has 0 unspecified atom stereocenters. The topological polar surface area (TPSA) is 43.0 Å². The van der Waals surface area contributed by atoms with Crippen molar-refractivity contribution in [3.63, 3.8) is 0 Å². The molecule has 0 amide bonds. The Bertz CT molecular complexity index is 742. The van der Waals surface area contributed by atoms with Gasteiger partial charge in [-0.3, -0.25) is 0 Å². The van der Waals surface area contributed by atoms with E-state index in [2.05, 4.69) is 28.4 Å². The fourth-order valence-electron chi connectivity index (χ4n) is 7.00. The highest BCUT2D eigenvalue weighted by molar-refractivity contribution is 5.46. The van der Waals surface area contributed by atoms with Crippen LogP contribution in [0.2, 0.25) is 0 Å². The lowest BCUT2D eigenvalue weighted by Gasteiger charge is -2.46. The van der Waals surface area contributed by atoms with Crippen molar-refractivity contribution in [2.24, 2.45) is 11.8 Å². The van der Waals surface area contributed by atoms with E-state index >= 15 is 0 Å². The summed E-state index contributed by atoms with van der Waals surface area (Å²) in [6.45, 7) is 6.44. The second kappa shape index (κ2) is 6.43. The highest BCUT2D eigenvalue weighted by atomic mass is 16.5. The predicted molar refractivity (Wildman–Crippen MR) is 107 cm³/mol. The van der Waals surface area contributed by atoms with Gasteiger partial charge in [0.15, 0.2) is 0 Å². The molecular weight excluding hydrogens is 352 g/mol. The van der Waals surface area contributed by atoms with Gasteiger partial charge in [0.1, 0.15) is 5.75 Å². The van der Waals surface area contributed by atoms with Crippen LogP contribution in [-0.2, 0) is 21.5 Å². The second-order valence-electron chi connectivity index (χ2n) is 9.55. The first-order valence-corrected chi connectivity index (χ1v) is 11.1. The number of fused-ring (bicyclic) bond motifs is 3. The molecule has 5 heteroatoms. The van der Waals surface area contributed by atoms with Gasteiger partial charge < -0.3 is 24.4 Å². The molecular formula is C23H32N2O3. The van der Waals surface area contributed by atoms with Gasteiger partial charge in [-0.15, -0.1) is 0 Å². The summed E-state index contributed by atoms with van der Waals surface area (Å²) in [4.78, 5) is 2.68. The minimum Gasteiger partial charge on any atom is -0.496 e. The lowest BCUT2D eigenvalue weighted by atomic mass is 9.73. The number of hydrogen-bond donors (Lipinski definition) is 1. The molecule has 5 aliphatic heterocycles. The van der Waals surface area contributed by atoms with Gasteiger partial charge in [0.05, 0.1) is 31.0 Å². The van der Waals surface area contributed by atoms with E-state index in [1.54, 1.807) is 7.11 Å². The van der Waals surface area contributed by atoms with Crippen molar-refractivity contribution in [3.8, 4) is 5.75 Å². The smallest absolute Gasteiger partial charge is 0.125 e. The predicted octanol–water partition coefficient (Wildman–Crippen LogP) is 2.33. The first-order chi connectivity index (χ1) is 13.7. The van der Waals surface area contributed by atoms with Crippen LogP contribution in [-0.4, -0.2) is 63.0 Å². The van der Waals surface area contributed by atoms with Crippen LogP contribution in [0, 0.1) is 11.8 Å². The first kappa shape index (κ1) is 17.7. The average Bonchev–Trinajstić information content (AvgIpc) is 3.41. The van der Waals surface area contributed by atoms with Gasteiger partial charge >= 0.3 is 0 Å². The van der Waals surface area contributed by atoms with Gasteiger partial charge in [-0.25, -0.2) is 0 Å². The van der Waals surface area contributed by atoms with Gasteiger partial charge in [-0.05, 0) is 43.7 Å². The highest BCUT2D eigenvalue weighted by Gasteiger charge is 2.61. The standard InChI is InChI=1S/C23H32N2O3/c1-26-20-4-2-3-16-6-12-27-22(21(16)20)8-10-25(11-9-22)14-17-18-13-24-15-23(18)7-5-19(17)28-23/h2-4,17-19,24H,5-15H2,1H3/t17-,18-,19-,23-/m1/s1. The van der Waals surface area contributed by atoms with Gasteiger partial charge in [0.25, 0.3) is 0 Å². The molecule has 5 nitrogen and oxygen atoms in total. The van der Waals surface area contributed by atoms with Crippen molar-refractivity contribution in [1.82, 2.24) is 10.2 Å². The fourth-order valence-corrected chi connectivity index (χ4v) is 7.00. The number of benzene rings is 1. The highest BCUT2D eigenvalue weighted by Crippen LogP contribution is 2.53. The molecule has 0 saturated carbocycles. The van der Waals surface area contributed by atoms with Gasteiger partial charge in [0.2, 0.25) is 0 Å². The van der Waals surface area contributed by atoms with Crippen molar-refractivity contribution in [1.29, 1.82) is 0 Å². The van der Waals surface area contributed by atoms with E-state index in [1.807, 2.05) is 0 Å². The Morgan fingerprint density at radius 1 is 1.25 bits per heavy atom. The minimum atomic E-state index is -0.155. The molecule has 5 heterocycles. The van der Waals surface area contributed by atoms with Crippen LogP contribution in [0.1, 0.15) is 36.8 Å². The summed E-state index contributed by atoms with van der Waals surface area (Å²) in [6, 6.07) is 6.47. The van der Waals surface area contributed by atoms with Crippen LogP contribution >= 0.6 is 0 Å². The molecule has 1 aromatic rings. The molecule has 0 radical (unpaired) electrons. The molecule has 28 heavy (non-hydrogen) atoms. The molecule has 0 aliphatic carbocycles. The number of methoxy groups -OCH3 is 1. The summed E-state index contributed by atoms with van der Waals surface area (Å²) >= 11 is 0. The summed E-state index contributed by atoms with van der Waals surface area (Å²) in [5, 5.41) is 3.60. The zero-order chi connectivity index (χ0) is 18.8. The van der Waals surface area contributed by atoms with Crippen LogP contribution in [0.25, 0.3) is 0 Å². The molecule has 5 aliphatic rings. The summed E-state index contributed by atoms with van der Waals surface area (Å²) < 4.78 is 18.7. The molecule has 2 spiro atoms. The Kier molecular flexibility index (Phi) is 4.06. The fraction of sp³-hybridized carbons (Fsp3) is 0.739. The third-order valence-electron chi connectivity index (χ3n) is 8.37. The maximum absolute atomic E-state index is 6.49. The van der Waals surface area contributed by atoms with Crippen LogP contribution in [0.5, 0.6) is 5.75 Å². The Morgan fingerprint density at radius 3 is 3.00 bits per heavy atom. The monoisotopic (exact) mass is 384 g/mol. The zero-order valence-electron chi connectivity index (χ0n) is 16.9. The number of ether oxygens (including phenoxy) is 3. The number of hydrogen-bond acceptors (Lipinski definition) is 5. The van der Waals surface area contributed by atoms with E-state index in [1.165, 1.54) is 30.5 Å². The van der Waals surface area contributed by atoms with Crippen molar-refractivity contribution < 1.29 is 14.2 Å². The molecule has 1 aromatic carbocycles. The zero-order valence-corrected chi connectivity index (χ0v) is 16.9. The largest absolute Gasteiger partial charge is 0.496 e. The van der Waals surface area contributed by atoms with Gasteiger partial charge in [0, 0.05) is 50.1 Å². The van der Waals surface area contributed by atoms with Crippen molar-refractivity contribution >= 4 is 0 Å². The molecule has 1 N–H and O–H groups in total. The van der Waals surface area contributed by atoms with E-state index in [9.17, 15) is 0 Å². The minimum absolute atomic E-state index is 0.155. The number of rotatable bonds is 3. The first-order valence-electron chi connectivity index (χ1n) is 11.1. The maximum Gasteiger partial charge on any atom is 0.125 e. The van der Waals surface area contributed by atoms with Crippen LogP contribution in [0.3, 0.4) is 0 Å². The SMILES string of the molecule is COc1cccc2c1C1(CCN(C[C@@H]3[C@H]4CNC[C@]45CC[C@H]3O5)CC1)OCC2. The maximum atomic E-state index is 6.49. The molecule has 152 valence electrons. The van der Waals surface area contributed by atoms with E-state index < -0.39 is 0 Å². The average molecular weight is 385 g/mol. The quantitative estimate of drug-likeness (QED) is 0.866. The molecule has 4 fully saturated rings. The molecule has 4 atom stereocenters. The van der Waals surface area contributed by atoms with E-state index in [-0.39, 0.29) is 11.2 Å². The number of likely N-dealkylation sites (tertiary alicyclic amines) is 1. The van der Waals surface area contributed by atoms with Crippen molar-refractivity contribution in [2.45, 2.75) is 49.4 Å². The molecule has 2 bridgehead atoms. The van der Waals surface area contributed by atoms with Gasteiger partial charge in [-0.1, -0.05) is 12.1 Å². The third kappa shape index (κ3) is 2.46. The number of nitrogens with one attached hydrogen (secondary N) is 1. The van der Waals surface area contributed by atoms with Crippen LogP contribution in [0.15, 0.2) is 18.2 Å². The van der Waals surface area contributed by atoms with Crippen molar-refractivity contribution in [2.75, 3.05) is 46.4 Å². The van der Waals surface area contributed by atoms with Crippen LogP contribution < -0.4 is 10.1 Å². The third-order valence-corrected chi connectivity index (χ3v) is 8.37. The van der Waals surface area contributed by atoms with E-state index in [0.717, 1.165) is 57.8 Å². The summed E-state index contributed by atoms with van der Waals surface area (Å²) in [7, 11) is 1.79. The molecule has 6 rings (SSSR count). The normalized spacial score (nSPS) is 38.5. The Morgan fingerprint density at radius 2 is 2.14 bits per heavy atom. The number of nitrogens with zero attached hydrogens (tertiary/aromatic N) is 1. The number of piperidine rings is 1. The summed E-state index contributed by atoms with van der Waals surface area (Å²) in [5.41, 5.74) is 2.76. The summed E-state index contributed by atoms with van der Waals surface area (Å²) in [5.74, 6) is 2.42. The lowest BCUT2D eigenvalue weighted by Crippen LogP contribution is -2.49. The summed E-state index contributed by atoms with van der Waals surface area (Å²) in [6.07, 6.45) is 6.14. The van der Waals surface area contributed by atoms with Gasteiger partial charge in [-0.2, -0.15) is 0 Å². The Labute approximate surface area is 167 Å². The van der Waals surface area contributed by atoms with Crippen molar-refractivity contribution in [3.05, 3.63) is 29.3 Å². The Hall–Kier alpha value is -1.14. The molecule has 4 saturated heterocycles. The lowest BCUT2D eigenvalue weighted by molar-refractivity contribution is -0.101.